The van der Waals surface area contributed by atoms with E-state index < -0.39 is 23.7 Å². The van der Waals surface area contributed by atoms with Crippen LogP contribution in [0.5, 0.6) is 0 Å². The fourth-order valence-electron chi connectivity index (χ4n) is 5.81. The van der Waals surface area contributed by atoms with Crippen molar-refractivity contribution >= 4 is 11.8 Å². The highest BCUT2D eigenvalue weighted by atomic mass is 19.4. The van der Waals surface area contributed by atoms with Crippen LogP contribution >= 0.6 is 0 Å². The van der Waals surface area contributed by atoms with Gasteiger partial charge in [0.25, 0.3) is 0 Å². The van der Waals surface area contributed by atoms with Crippen molar-refractivity contribution in [2.45, 2.75) is 32.1 Å². The van der Waals surface area contributed by atoms with Crippen LogP contribution in [-0.2, 0) is 24.0 Å². The van der Waals surface area contributed by atoms with E-state index in [2.05, 4.69) is 17.0 Å². The Balaban J connectivity index is 1.24. The molecule has 1 aliphatic carbocycles. The van der Waals surface area contributed by atoms with Crippen molar-refractivity contribution in [3.05, 3.63) is 101 Å². The lowest BCUT2D eigenvalue weighted by molar-refractivity contribution is -0.137. The van der Waals surface area contributed by atoms with Crippen LogP contribution in [-0.4, -0.2) is 30.7 Å². The maximum Gasteiger partial charge on any atom is 0.416 e. The van der Waals surface area contributed by atoms with E-state index in [-0.39, 0.29) is 24.8 Å². The number of nitrogens with zero attached hydrogens (tertiary/aromatic N) is 2. The minimum Gasteiger partial charge on any atom is -0.449 e. The van der Waals surface area contributed by atoms with Gasteiger partial charge in [0.1, 0.15) is 5.82 Å². The molecule has 200 valence electrons. The molecule has 0 spiro atoms. The molecule has 2 fully saturated rings. The Morgan fingerprint density at radius 2 is 1.58 bits per heavy atom. The monoisotopic (exact) mass is 526 g/mol. The van der Waals surface area contributed by atoms with Gasteiger partial charge in [0.15, 0.2) is 0 Å². The standard InChI is InChI=1S/C30H30F4N2O2/c31-26-7-4-8-27(15-26)36(17-22-9-13-25(14-10-22)30(32,33)34)29(37)38-20-28-23-11-12-24(28)19-35(18-23)16-21-5-2-1-3-6-21/h1-10,13-15,23-24,28H,11-12,16-20H2. The Morgan fingerprint density at radius 1 is 0.895 bits per heavy atom. The average molecular weight is 527 g/mol. The van der Waals surface area contributed by atoms with Crippen LogP contribution in [0.4, 0.5) is 28.0 Å². The van der Waals surface area contributed by atoms with Crippen molar-refractivity contribution in [1.29, 1.82) is 0 Å². The molecule has 8 heteroatoms. The summed E-state index contributed by atoms with van der Waals surface area (Å²) in [5.41, 5.74) is 1.28. The highest BCUT2D eigenvalue weighted by Gasteiger charge is 2.42. The second kappa shape index (κ2) is 11.2. The largest absolute Gasteiger partial charge is 0.449 e. The molecule has 1 aliphatic heterocycles. The Kier molecular flexibility index (Phi) is 7.70. The molecule has 2 bridgehead atoms. The molecule has 1 saturated heterocycles. The van der Waals surface area contributed by atoms with Gasteiger partial charge in [-0.1, -0.05) is 48.5 Å². The van der Waals surface area contributed by atoms with E-state index in [9.17, 15) is 22.4 Å². The number of alkyl halides is 3. The molecule has 3 aromatic carbocycles. The first kappa shape index (κ1) is 26.2. The highest BCUT2D eigenvalue weighted by Crippen LogP contribution is 2.42. The summed E-state index contributed by atoms with van der Waals surface area (Å²) in [6.07, 6.45) is -2.90. The summed E-state index contributed by atoms with van der Waals surface area (Å²) >= 11 is 0. The summed E-state index contributed by atoms with van der Waals surface area (Å²) in [5, 5.41) is 0. The number of hydrogen-bond donors (Lipinski definition) is 0. The zero-order chi connectivity index (χ0) is 26.7. The zero-order valence-corrected chi connectivity index (χ0v) is 20.9. The molecule has 38 heavy (non-hydrogen) atoms. The molecule has 3 aromatic rings. The molecular formula is C30H30F4N2O2. The summed E-state index contributed by atoms with van der Waals surface area (Å²) in [5.74, 6) is 0.605. The summed E-state index contributed by atoms with van der Waals surface area (Å²) in [7, 11) is 0. The molecule has 1 amide bonds. The van der Waals surface area contributed by atoms with Gasteiger partial charge in [-0.25, -0.2) is 9.18 Å². The van der Waals surface area contributed by atoms with E-state index >= 15 is 0 Å². The van der Waals surface area contributed by atoms with Gasteiger partial charge in [0.2, 0.25) is 0 Å². The second-order valence-electron chi connectivity index (χ2n) is 10.3. The number of fused-ring (bicyclic) bond motifs is 2. The highest BCUT2D eigenvalue weighted by molar-refractivity contribution is 5.87. The van der Waals surface area contributed by atoms with Crippen LogP contribution in [0, 0.1) is 23.6 Å². The predicted octanol–water partition coefficient (Wildman–Crippen LogP) is 7.15. The number of carbonyl (C=O) groups excluding carboxylic acids is 1. The minimum atomic E-state index is -4.45. The predicted molar refractivity (Wildman–Crippen MR) is 137 cm³/mol. The number of ether oxygens (including phenoxy) is 1. The lowest BCUT2D eigenvalue weighted by atomic mass is 9.85. The van der Waals surface area contributed by atoms with Gasteiger partial charge in [0.05, 0.1) is 24.4 Å². The Morgan fingerprint density at radius 3 is 2.21 bits per heavy atom. The molecular weight excluding hydrogens is 496 g/mol. The molecule has 2 atom stereocenters. The molecule has 1 heterocycles. The van der Waals surface area contributed by atoms with Crippen LogP contribution in [0.2, 0.25) is 0 Å². The molecule has 0 aromatic heterocycles. The first-order chi connectivity index (χ1) is 18.3. The van der Waals surface area contributed by atoms with Gasteiger partial charge < -0.3 is 4.74 Å². The molecule has 5 rings (SSSR count). The van der Waals surface area contributed by atoms with Crippen molar-refractivity contribution in [2.24, 2.45) is 17.8 Å². The lowest BCUT2D eigenvalue weighted by Crippen LogP contribution is -2.44. The van der Waals surface area contributed by atoms with Gasteiger partial charge >= 0.3 is 12.3 Å². The van der Waals surface area contributed by atoms with Crippen LogP contribution in [0.15, 0.2) is 78.9 Å². The molecule has 1 saturated carbocycles. The third-order valence-electron chi connectivity index (χ3n) is 7.72. The molecule has 2 unspecified atom stereocenters. The number of likely N-dealkylation sites (tertiary alicyclic amines) is 1. The fraction of sp³-hybridized carbons (Fsp3) is 0.367. The van der Waals surface area contributed by atoms with Crippen molar-refractivity contribution in [2.75, 3.05) is 24.6 Å². The van der Waals surface area contributed by atoms with E-state index in [0.29, 0.717) is 17.4 Å². The van der Waals surface area contributed by atoms with Gasteiger partial charge in [-0.3, -0.25) is 9.80 Å². The number of rotatable bonds is 7. The van der Waals surface area contributed by atoms with E-state index in [1.54, 1.807) is 6.07 Å². The number of amides is 1. The van der Waals surface area contributed by atoms with Crippen LogP contribution in [0.1, 0.15) is 29.5 Å². The summed E-state index contributed by atoms with van der Waals surface area (Å²) < 4.78 is 58.7. The fourth-order valence-corrected chi connectivity index (χ4v) is 5.81. The smallest absolute Gasteiger partial charge is 0.416 e. The molecule has 0 radical (unpaired) electrons. The van der Waals surface area contributed by atoms with Gasteiger partial charge in [-0.2, -0.15) is 13.2 Å². The zero-order valence-electron chi connectivity index (χ0n) is 20.9. The van der Waals surface area contributed by atoms with Gasteiger partial charge in [-0.15, -0.1) is 0 Å². The van der Waals surface area contributed by atoms with Crippen molar-refractivity contribution in [3.63, 3.8) is 0 Å². The van der Waals surface area contributed by atoms with Crippen molar-refractivity contribution in [1.82, 2.24) is 4.90 Å². The van der Waals surface area contributed by atoms with Crippen LogP contribution in [0.3, 0.4) is 0 Å². The summed E-state index contributed by atoms with van der Waals surface area (Å²) in [4.78, 5) is 17.0. The van der Waals surface area contributed by atoms with Gasteiger partial charge in [-0.05, 0) is 66.1 Å². The number of benzene rings is 3. The van der Waals surface area contributed by atoms with E-state index in [1.165, 1.54) is 40.8 Å². The van der Waals surface area contributed by atoms with E-state index in [1.807, 2.05) is 18.2 Å². The summed E-state index contributed by atoms with van der Waals surface area (Å²) in [6, 6.07) is 20.5. The molecule has 0 N–H and O–H groups in total. The first-order valence-electron chi connectivity index (χ1n) is 12.9. The summed E-state index contributed by atoms with van der Waals surface area (Å²) in [6.45, 7) is 3.04. The third kappa shape index (κ3) is 6.18. The normalized spacial score (nSPS) is 21.3. The average Bonchev–Trinajstić information content (AvgIpc) is 3.13. The Labute approximate surface area is 219 Å². The maximum absolute atomic E-state index is 14.0. The van der Waals surface area contributed by atoms with E-state index in [0.717, 1.165) is 44.6 Å². The topological polar surface area (TPSA) is 32.8 Å². The minimum absolute atomic E-state index is 0.0389. The molecule has 2 aliphatic rings. The number of anilines is 1. The van der Waals surface area contributed by atoms with Crippen molar-refractivity contribution < 1.29 is 27.1 Å². The SMILES string of the molecule is O=C(OCC1C2CCC1CN(Cc1ccccc1)C2)N(Cc1ccc(C(F)(F)F)cc1)c1cccc(F)c1. The Hall–Kier alpha value is -3.39. The van der Waals surface area contributed by atoms with Gasteiger partial charge in [0, 0.05) is 25.6 Å². The second-order valence-corrected chi connectivity index (χ2v) is 10.3. The third-order valence-corrected chi connectivity index (χ3v) is 7.72. The molecule has 4 nitrogen and oxygen atoms in total. The number of halogens is 4. The number of carbonyl (C=O) groups is 1. The van der Waals surface area contributed by atoms with Crippen LogP contribution in [0.25, 0.3) is 0 Å². The number of piperidine rings is 1. The quantitative estimate of drug-likeness (QED) is 0.307. The van der Waals surface area contributed by atoms with Crippen LogP contribution < -0.4 is 4.90 Å². The van der Waals surface area contributed by atoms with Crippen molar-refractivity contribution in [3.8, 4) is 0 Å². The maximum atomic E-state index is 14.0. The lowest BCUT2D eigenvalue weighted by Gasteiger charge is -2.38. The number of hydrogen-bond acceptors (Lipinski definition) is 3. The van der Waals surface area contributed by atoms with E-state index in [4.69, 9.17) is 4.74 Å². The Bertz CT molecular complexity index is 1220. The first-order valence-corrected chi connectivity index (χ1v) is 12.9.